The molecule has 1 aliphatic heterocycles. The van der Waals surface area contributed by atoms with Crippen molar-refractivity contribution in [1.29, 1.82) is 0 Å². The van der Waals surface area contributed by atoms with Crippen molar-refractivity contribution in [2.24, 2.45) is 7.05 Å². The van der Waals surface area contributed by atoms with Gasteiger partial charge in [-0.25, -0.2) is 0 Å². The van der Waals surface area contributed by atoms with Crippen LogP contribution in [0.4, 0.5) is 11.4 Å². The minimum atomic E-state index is 0.655. The van der Waals surface area contributed by atoms with Gasteiger partial charge in [0.25, 0.3) is 0 Å². The zero-order valence-electron chi connectivity index (χ0n) is 17.5. The van der Waals surface area contributed by atoms with E-state index in [9.17, 15) is 0 Å². The molecule has 0 unspecified atom stereocenters. The van der Waals surface area contributed by atoms with Crippen molar-refractivity contribution in [2.45, 2.75) is 38.5 Å². The summed E-state index contributed by atoms with van der Waals surface area (Å²) in [5, 5.41) is 4.15. The van der Waals surface area contributed by atoms with Gasteiger partial charge in [0.2, 0.25) is 11.2 Å². The first-order valence-corrected chi connectivity index (χ1v) is 10.9. The second-order valence-electron chi connectivity index (χ2n) is 8.86. The summed E-state index contributed by atoms with van der Waals surface area (Å²) in [6, 6.07) is 20.3. The molecule has 0 saturated heterocycles. The number of fused-ring (bicyclic) bond motifs is 3. The highest BCUT2D eigenvalue weighted by Crippen LogP contribution is 2.52. The van der Waals surface area contributed by atoms with E-state index in [4.69, 9.17) is 0 Å². The van der Waals surface area contributed by atoms with Crippen LogP contribution < -0.4 is 9.47 Å². The summed E-state index contributed by atoms with van der Waals surface area (Å²) in [6.07, 6.45) is 5.32. The van der Waals surface area contributed by atoms with Gasteiger partial charge in [-0.3, -0.25) is 0 Å². The summed E-state index contributed by atoms with van der Waals surface area (Å²) < 4.78 is 2.44. The molecule has 144 valence electrons. The third-order valence-electron chi connectivity index (χ3n) is 7.30. The Bertz CT molecular complexity index is 1300. The quantitative estimate of drug-likeness (QED) is 0.341. The summed E-state index contributed by atoms with van der Waals surface area (Å²) in [5.74, 6) is 0.655. The fraction of sp³-hybridized carbons (Fsp3) is 0.296. The van der Waals surface area contributed by atoms with Crippen molar-refractivity contribution in [3.8, 4) is 11.3 Å². The molecular formula is C27H27N2+. The monoisotopic (exact) mass is 379 g/mol. The number of aryl methyl sites for hydroxylation is 2. The van der Waals surface area contributed by atoms with Crippen molar-refractivity contribution in [2.75, 3.05) is 11.9 Å². The highest BCUT2D eigenvalue weighted by atomic mass is 15.1. The first-order chi connectivity index (χ1) is 14.2. The lowest BCUT2D eigenvalue weighted by molar-refractivity contribution is -0.633. The van der Waals surface area contributed by atoms with Crippen LogP contribution in [0.25, 0.3) is 32.9 Å². The first kappa shape index (κ1) is 17.0. The molecule has 2 nitrogen and oxygen atoms in total. The largest absolute Gasteiger partial charge is 0.338 e. The van der Waals surface area contributed by atoms with E-state index >= 15 is 0 Å². The summed E-state index contributed by atoms with van der Waals surface area (Å²) in [7, 11) is 4.52. The highest BCUT2D eigenvalue weighted by Gasteiger charge is 2.37. The molecule has 6 rings (SSSR count). The Balaban J connectivity index is 1.85. The van der Waals surface area contributed by atoms with Gasteiger partial charge < -0.3 is 4.90 Å². The average Bonchev–Trinajstić information content (AvgIpc) is 3.27. The number of aromatic nitrogens is 1. The zero-order valence-corrected chi connectivity index (χ0v) is 17.5. The minimum absolute atomic E-state index is 0.655. The number of para-hydroxylation sites is 1. The van der Waals surface area contributed by atoms with Gasteiger partial charge in [-0.05, 0) is 54.3 Å². The number of benzene rings is 3. The molecule has 1 fully saturated rings. The van der Waals surface area contributed by atoms with Gasteiger partial charge in [0.05, 0.1) is 10.9 Å². The van der Waals surface area contributed by atoms with Crippen molar-refractivity contribution in [1.82, 2.24) is 0 Å². The third-order valence-corrected chi connectivity index (χ3v) is 7.30. The molecule has 2 heteroatoms. The van der Waals surface area contributed by atoms with E-state index in [1.54, 1.807) is 5.56 Å². The summed E-state index contributed by atoms with van der Waals surface area (Å²) in [5.41, 5.74) is 9.84. The van der Waals surface area contributed by atoms with E-state index in [1.807, 2.05) is 0 Å². The number of nitrogens with zero attached hydrogens (tertiary/aromatic N) is 2. The number of pyridine rings is 1. The van der Waals surface area contributed by atoms with E-state index in [0.717, 1.165) is 0 Å². The van der Waals surface area contributed by atoms with Crippen LogP contribution in [0.2, 0.25) is 0 Å². The molecule has 1 saturated carbocycles. The Morgan fingerprint density at radius 2 is 1.72 bits per heavy atom. The van der Waals surface area contributed by atoms with Crippen molar-refractivity contribution < 1.29 is 4.57 Å². The molecular weight excluding hydrogens is 352 g/mol. The Labute approximate surface area is 172 Å². The zero-order chi connectivity index (χ0) is 19.7. The van der Waals surface area contributed by atoms with E-state index < -0.39 is 0 Å². The summed E-state index contributed by atoms with van der Waals surface area (Å²) in [6.45, 7) is 2.27. The molecule has 0 N–H and O–H groups in total. The van der Waals surface area contributed by atoms with E-state index in [1.165, 1.54) is 75.6 Å². The average molecular weight is 380 g/mol. The Morgan fingerprint density at radius 3 is 2.55 bits per heavy atom. The van der Waals surface area contributed by atoms with Crippen molar-refractivity contribution in [3.05, 3.63) is 65.7 Å². The predicted molar refractivity (Wildman–Crippen MR) is 122 cm³/mol. The Morgan fingerprint density at radius 1 is 0.931 bits per heavy atom. The minimum Gasteiger partial charge on any atom is -0.338 e. The highest BCUT2D eigenvalue weighted by molar-refractivity contribution is 6.13. The standard InChI is InChI=1S/C27H27N2/c1-17-15-16-19-11-8-14-22-25(19)23(17)26-27(29(22)3)24(18-9-4-5-10-18)20-12-6-7-13-21(20)28(26)2/h6-8,11-16,18H,4-5,9-10H2,1-3H3/q+1. The van der Waals surface area contributed by atoms with Crippen LogP contribution in [-0.4, -0.2) is 7.05 Å². The molecule has 1 aliphatic carbocycles. The van der Waals surface area contributed by atoms with Crippen LogP contribution in [0.5, 0.6) is 0 Å². The smallest absolute Gasteiger partial charge is 0.238 e. The lowest BCUT2D eigenvalue weighted by Crippen LogP contribution is -2.37. The number of anilines is 2. The van der Waals surface area contributed by atoms with Crippen molar-refractivity contribution in [3.63, 3.8) is 0 Å². The molecule has 0 atom stereocenters. The van der Waals surface area contributed by atoms with Gasteiger partial charge in [-0.1, -0.05) is 49.2 Å². The topological polar surface area (TPSA) is 7.12 Å². The van der Waals surface area contributed by atoms with E-state index in [2.05, 4.69) is 85.1 Å². The van der Waals surface area contributed by atoms with Crippen LogP contribution in [0.15, 0.2) is 54.6 Å². The molecule has 29 heavy (non-hydrogen) atoms. The van der Waals surface area contributed by atoms with Crippen LogP contribution in [0.1, 0.15) is 42.7 Å². The molecule has 2 heterocycles. The molecule has 0 amide bonds. The molecule has 0 bridgehead atoms. The molecule has 1 aromatic heterocycles. The summed E-state index contributed by atoms with van der Waals surface area (Å²) >= 11 is 0. The first-order valence-electron chi connectivity index (χ1n) is 10.9. The number of hydrogen-bond donors (Lipinski definition) is 0. The maximum atomic E-state index is 2.48. The van der Waals surface area contributed by atoms with Crippen LogP contribution in [-0.2, 0) is 7.05 Å². The fourth-order valence-corrected chi connectivity index (χ4v) is 5.95. The second kappa shape index (κ2) is 6.06. The lowest BCUT2D eigenvalue weighted by Gasteiger charge is -2.32. The van der Waals surface area contributed by atoms with E-state index in [-0.39, 0.29) is 0 Å². The number of hydrogen-bond acceptors (Lipinski definition) is 1. The van der Waals surface area contributed by atoms with Gasteiger partial charge in [0, 0.05) is 24.2 Å². The van der Waals surface area contributed by atoms with Crippen LogP contribution in [0, 0.1) is 6.92 Å². The van der Waals surface area contributed by atoms with Gasteiger partial charge in [-0.15, -0.1) is 0 Å². The van der Waals surface area contributed by atoms with Gasteiger partial charge >= 0.3 is 0 Å². The number of rotatable bonds is 1. The molecule has 4 aromatic rings. The third kappa shape index (κ3) is 2.20. The summed E-state index contributed by atoms with van der Waals surface area (Å²) in [4.78, 5) is 2.48. The SMILES string of the molecule is Cc1ccc2cccc3c2c1-c1c(c(C2CCCC2)c2ccccc2[n+]1C)N3C. The van der Waals surface area contributed by atoms with Gasteiger partial charge in [0.1, 0.15) is 12.7 Å². The lowest BCUT2D eigenvalue weighted by atomic mass is 9.84. The molecule has 0 spiro atoms. The van der Waals surface area contributed by atoms with E-state index in [0.29, 0.717) is 5.92 Å². The van der Waals surface area contributed by atoms with Crippen LogP contribution >= 0.6 is 0 Å². The fourth-order valence-electron chi connectivity index (χ4n) is 5.95. The predicted octanol–water partition coefficient (Wildman–Crippen LogP) is 6.53. The maximum absolute atomic E-state index is 2.48. The molecule has 3 aromatic carbocycles. The Kier molecular flexibility index (Phi) is 3.56. The van der Waals surface area contributed by atoms with Crippen molar-refractivity contribution >= 4 is 33.1 Å². The normalized spacial score (nSPS) is 16.0. The Hall–Kier alpha value is -2.87. The van der Waals surface area contributed by atoms with Gasteiger partial charge in [0.15, 0.2) is 0 Å². The van der Waals surface area contributed by atoms with Gasteiger partial charge in [-0.2, -0.15) is 4.57 Å². The second-order valence-corrected chi connectivity index (χ2v) is 8.86. The maximum Gasteiger partial charge on any atom is 0.238 e. The molecule has 0 radical (unpaired) electrons. The molecule has 2 aliphatic rings. The van der Waals surface area contributed by atoms with Crippen LogP contribution in [0.3, 0.4) is 0 Å².